The van der Waals surface area contributed by atoms with Crippen molar-refractivity contribution >= 4 is 5.97 Å². The monoisotopic (exact) mass is 385 g/mol. The summed E-state index contributed by atoms with van der Waals surface area (Å²) < 4.78 is 62.3. The van der Waals surface area contributed by atoms with Crippen molar-refractivity contribution in [3.63, 3.8) is 0 Å². The fraction of sp³-hybridized carbons (Fsp3) is 0.333. The van der Waals surface area contributed by atoms with Crippen LogP contribution in [0, 0.1) is 11.6 Å². The van der Waals surface area contributed by atoms with Crippen LogP contribution in [0.25, 0.3) is 11.1 Å². The second-order valence-corrected chi connectivity index (χ2v) is 6.06. The number of carboxylic acid groups (broad SMARTS) is 1. The van der Waals surface area contributed by atoms with E-state index in [0.29, 0.717) is 11.6 Å². The van der Waals surface area contributed by atoms with Gasteiger partial charge in [0.05, 0.1) is 6.10 Å². The summed E-state index contributed by atoms with van der Waals surface area (Å²) in [5.41, 5.74) is 0.217. The van der Waals surface area contributed by atoms with Crippen LogP contribution in [0.4, 0.5) is 17.6 Å². The molecule has 2 heterocycles. The Balaban J connectivity index is 2.05. The Morgan fingerprint density at radius 2 is 2.04 bits per heavy atom. The number of alkyl halides is 2. The SMILES string of the molecule is CC(OC(F)F)[C@H]1CCc2c(-c3ccc(F)cc3F)cc(C(=O)O)nc2O1. The van der Waals surface area contributed by atoms with E-state index < -0.39 is 42.1 Å². The number of aromatic nitrogens is 1. The highest BCUT2D eigenvalue weighted by atomic mass is 19.3. The fourth-order valence-corrected chi connectivity index (χ4v) is 3.01. The zero-order valence-corrected chi connectivity index (χ0v) is 14.1. The normalized spacial score (nSPS) is 17.3. The molecule has 27 heavy (non-hydrogen) atoms. The Labute approximate surface area is 151 Å². The summed E-state index contributed by atoms with van der Waals surface area (Å²) in [5.74, 6) is -3.10. The predicted octanol–water partition coefficient (Wildman–Crippen LogP) is 4.05. The van der Waals surface area contributed by atoms with Gasteiger partial charge in [0, 0.05) is 17.2 Å². The standard InChI is InChI=1S/C18H15F4NO4/c1-8(26-18(21)22)15-5-4-11-12(10-3-2-9(19)6-13(10)20)7-14(17(24)25)23-16(11)27-15/h2-3,6-8,15,18H,4-5H2,1H3,(H,24,25)/t8?,15-/m1/s1. The molecule has 3 rings (SSSR count). The molecule has 1 unspecified atom stereocenters. The lowest BCUT2D eigenvalue weighted by Crippen LogP contribution is -2.36. The second kappa shape index (κ2) is 7.51. The van der Waals surface area contributed by atoms with Crippen molar-refractivity contribution in [2.45, 2.75) is 38.6 Å². The number of nitrogens with zero attached hydrogens (tertiary/aromatic N) is 1. The lowest BCUT2D eigenvalue weighted by atomic mass is 9.93. The molecule has 0 radical (unpaired) electrons. The molecular weight excluding hydrogens is 370 g/mol. The number of carboxylic acids is 1. The number of hydrogen-bond acceptors (Lipinski definition) is 4. The van der Waals surface area contributed by atoms with Crippen molar-refractivity contribution < 1.29 is 36.9 Å². The van der Waals surface area contributed by atoms with Crippen molar-refractivity contribution in [1.29, 1.82) is 0 Å². The molecule has 0 saturated heterocycles. The lowest BCUT2D eigenvalue weighted by Gasteiger charge is -2.30. The van der Waals surface area contributed by atoms with Gasteiger partial charge in [0.25, 0.3) is 0 Å². The second-order valence-electron chi connectivity index (χ2n) is 6.06. The molecule has 9 heteroatoms. The van der Waals surface area contributed by atoms with Crippen LogP contribution in [0.3, 0.4) is 0 Å². The molecule has 0 aliphatic carbocycles. The molecule has 2 aromatic rings. The van der Waals surface area contributed by atoms with Gasteiger partial charge in [-0.1, -0.05) is 0 Å². The molecule has 0 fully saturated rings. The highest BCUT2D eigenvalue weighted by Gasteiger charge is 2.31. The van der Waals surface area contributed by atoms with Crippen LogP contribution in [0.5, 0.6) is 5.88 Å². The van der Waals surface area contributed by atoms with Crippen LogP contribution in [0.15, 0.2) is 24.3 Å². The number of ether oxygens (including phenoxy) is 2. The van der Waals surface area contributed by atoms with Gasteiger partial charge in [-0.2, -0.15) is 8.78 Å². The van der Waals surface area contributed by atoms with E-state index in [1.54, 1.807) is 0 Å². The third kappa shape index (κ3) is 4.02. The predicted molar refractivity (Wildman–Crippen MR) is 85.8 cm³/mol. The molecule has 0 amide bonds. The van der Waals surface area contributed by atoms with Crippen LogP contribution in [0.1, 0.15) is 29.4 Å². The molecule has 0 spiro atoms. The smallest absolute Gasteiger partial charge is 0.354 e. The van der Waals surface area contributed by atoms with Crippen molar-refractivity contribution in [3.05, 3.63) is 47.2 Å². The number of benzene rings is 1. The van der Waals surface area contributed by atoms with Gasteiger partial charge >= 0.3 is 12.6 Å². The Morgan fingerprint density at radius 1 is 1.30 bits per heavy atom. The first-order valence-electron chi connectivity index (χ1n) is 8.09. The summed E-state index contributed by atoms with van der Waals surface area (Å²) in [6.45, 7) is -1.57. The number of pyridine rings is 1. The molecule has 2 atom stereocenters. The van der Waals surface area contributed by atoms with E-state index >= 15 is 0 Å². The first-order valence-corrected chi connectivity index (χ1v) is 8.09. The van der Waals surface area contributed by atoms with Gasteiger partial charge in [0.2, 0.25) is 5.88 Å². The maximum absolute atomic E-state index is 14.2. The number of fused-ring (bicyclic) bond motifs is 1. The summed E-state index contributed by atoms with van der Waals surface area (Å²) in [6.07, 6.45) is -1.17. The Hall–Kier alpha value is -2.68. The molecule has 1 aromatic carbocycles. The number of aromatic carboxylic acids is 1. The molecule has 5 nitrogen and oxygen atoms in total. The molecule has 1 aliphatic rings. The highest BCUT2D eigenvalue weighted by molar-refractivity contribution is 5.88. The molecule has 1 N–H and O–H groups in total. The summed E-state index contributed by atoms with van der Waals surface area (Å²) in [5, 5.41) is 9.27. The van der Waals surface area contributed by atoms with Crippen LogP contribution in [-0.2, 0) is 11.2 Å². The van der Waals surface area contributed by atoms with Gasteiger partial charge in [-0.15, -0.1) is 0 Å². The third-order valence-corrected chi connectivity index (χ3v) is 4.31. The number of halogens is 4. The van der Waals surface area contributed by atoms with Crippen molar-refractivity contribution in [1.82, 2.24) is 4.98 Å². The minimum Gasteiger partial charge on any atom is -0.477 e. The first kappa shape index (κ1) is 19.1. The zero-order chi connectivity index (χ0) is 19.7. The largest absolute Gasteiger partial charge is 0.477 e. The zero-order valence-electron chi connectivity index (χ0n) is 14.1. The van der Waals surface area contributed by atoms with Crippen molar-refractivity contribution in [3.8, 4) is 17.0 Å². The minimum atomic E-state index is -2.98. The molecule has 1 aliphatic heterocycles. The minimum absolute atomic E-state index is 0.00326. The summed E-state index contributed by atoms with van der Waals surface area (Å²) in [4.78, 5) is 15.3. The molecular formula is C18H15F4NO4. The Bertz CT molecular complexity index is 875. The van der Waals surface area contributed by atoms with E-state index in [-0.39, 0.29) is 29.8 Å². The Kier molecular flexibility index (Phi) is 5.31. The summed E-state index contributed by atoms with van der Waals surface area (Å²) in [6, 6.07) is 4.12. The lowest BCUT2D eigenvalue weighted by molar-refractivity contribution is -0.180. The van der Waals surface area contributed by atoms with Gasteiger partial charge in [-0.3, -0.25) is 0 Å². The summed E-state index contributed by atoms with van der Waals surface area (Å²) in [7, 11) is 0. The van der Waals surface area contributed by atoms with Gasteiger partial charge in [-0.05, 0) is 43.5 Å². The van der Waals surface area contributed by atoms with E-state index in [4.69, 9.17) is 4.74 Å². The van der Waals surface area contributed by atoms with E-state index in [1.165, 1.54) is 19.1 Å². The molecule has 1 aromatic heterocycles. The van der Waals surface area contributed by atoms with E-state index in [9.17, 15) is 27.5 Å². The van der Waals surface area contributed by atoms with Gasteiger partial charge < -0.3 is 14.6 Å². The van der Waals surface area contributed by atoms with Crippen LogP contribution in [0.2, 0.25) is 0 Å². The third-order valence-electron chi connectivity index (χ3n) is 4.31. The quantitative estimate of drug-likeness (QED) is 0.787. The average molecular weight is 385 g/mol. The maximum Gasteiger partial charge on any atom is 0.354 e. The van der Waals surface area contributed by atoms with Gasteiger partial charge in [-0.25, -0.2) is 18.6 Å². The highest BCUT2D eigenvalue weighted by Crippen LogP contribution is 2.37. The van der Waals surface area contributed by atoms with Crippen LogP contribution >= 0.6 is 0 Å². The molecule has 144 valence electrons. The van der Waals surface area contributed by atoms with E-state index in [0.717, 1.165) is 6.07 Å². The fourth-order valence-electron chi connectivity index (χ4n) is 3.01. The topological polar surface area (TPSA) is 68.7 Å². The van der Waals surface area contributed by atoms with Gasteiger partial charge in [0.15, 0.2) is 5.69 Å². The number of rotatable bonds is 5. The van der Waals surface area contributed by atoms with Crippen LogP contribution in [-0.4, -0.2) is 34.9 Å². The molecule has 0 bridgehead atoms. The summed E-state index contributed by atoms with van der Waals surface area (Å²) >= 11 is 0. The Morgan fingerprint density at radius 3 is 2.67 bits per heavy atom. The first-order chi connectivity index (χ1) is 12.8. The van der Waals surface area contributed by atoms with Crippen molar-refractivity contribution in [2.24, 2.45) is 0 Å². The van der Waals surface area contributed by atoms with Crippen molar-refractivity contribution in [2.75, 3.05) is 0 Å². The number of carbonyl (C=O) groups is 1. The van der Waals surface area contributed by atoms with Crippen LogP contribution < -0.4 is 4.74 Å². The molecule has 0 saturated carbocycles. The average Bonchev–Trinajstić information content (AvgIpc) is 2.59. The number of hydrogen-bond donors (Lipinski definition) is 1. The maximum atomic E-state index is 14.2. The van der Waals surface area contributed by atoms with Gasteiger partial charge in [0.1, 0.15) is 17.7 Å². The van der Waals surface area contributed by atoms with E-state index in [2.05, 4.69) is 9.72 Å². The van der Waals surface area contributed by atoms with E-state index in [1.807, 2.05) is 0 Å².